The van der Waals surface area contributed by atoms with Gasteiger partial charge in [-0.3, -0.25) is 0 Å². The molecule has 0 N–H and O–H groups in total. The lowest BCUT2D eigenvalue weighted by Crippen LogP contribution is -2.17. The van der Waals surface area contributed by atoms with Gasteiger partial charge in [0, 0.05) is 6.07 Å². The molecule has 0 atom stereocenters. The molecule has 16 heavy (non-hydrogen) atoms. The van der Waals surface area contributed by atoms with E-state index in [9.17, 15) is 13.2 Å². The molecule has 1 aromatic heterocycles. The largest absolute Gasteiger partial charge is 0.573 e. The summed E-state index contributed by atoms with van der Waals surface area (Å²) >= 11 is 0. The first-order valence-electron chi connectivity index (χ1n) is 4.19. The zero-order valence-electron chi connectivity index (χ0n) is 7.77. The van der Waals surface area contributed by atoms with Crippen molar-refractivity contribution in [2.75, 3.05) is 0 Å². The first kappa shape index (κ1) is 10.5. The van der Waals surface area contributed by atoms with Crippen LogP contribution in [0.5, 0.6) is 5.75 Å². The monoisotopic (exact) mass is 228 g/mol. The number of benzene rings is 1. The first-order chi connectivity index (χ1) is 7.54. The molecule has 0 unspecified atom stereocenters. The molecule has 0 fully saturated rings. The van der Waals surface area contributed by atoms with E-state index in [2.05, 4.69) is 21.2 Å². The second kappa shape index (κ2) is 3.84. The number of aromatic nitrogens is 3. The summed E-state index contributed by atoms with van der Waals surface area (Å²) < 4.78 is 40.9. The highest BCUT2D eigenvalue weighted by atomic mass is 19.4. The van der Waals surface area contributed by atoms with E-state index in [1.165, 1.54) is 29.1 Å². The fraction of sp³-hybridized carbons (Fsp3) is 0.111. The van der Waals surface area contributed by atoms with E-state index >= 15 is 0 Å². The minimum Gasteiger partial charge on any atom is -0.406 e. The Morgan fingerprint density at radius 3 is 2.75 bits per heavy atom. The highest BCUT2D eigenvalue weighted by molar-refractivity contribution is 5.38. The molecule has 0 aliphatic rings. The van der Waals surface area contributed by atoms with Crippen LogP contribution in [0.3, 0.4) is 0 Å². The number of alkyl halides is 3. The maximum Gasteiger partial charge on any atom is 0.573 e. The van der Waals surface area contributed by atoms with Crippen LogP contribution in [0, 0.1) is 6.20 Å². The lowest BCUT2D eigenvalue weighted by Gasteiger charge is -2.09. The smallest absolute Gasteiger partial charge is 0.406 e. The predicted octanol–water partition coefficient (Wildman–Crippen LogP) is 1.97. The maximum atomic E-state index is 12.0. The SMILES string of the molecule is FC(F)(F)Oc1cccc(-n2c[c]nn2)c1. The van der Waals surface area contributed by atoms with E-state index in [1.54, 1.807) is 6.07 Å². The van der Waals surface area contributed by atoms with Crippen LogP contribution >= 0.6 is 0 Å². The van der Waals surface area contributed by atoms with Crippen molar-refractivity contribution in [1.82, 2.24) is 15.0 Å². The van der Waals surface area contributed by atoms with E-state index in [0.717, 1.165) is 0 Å². The van der Waals surface area contributed by atoms with Crippen molar-refractivity contribution in [2.45, 2.75) is 6.36 Å². The van der Waals surface area contributed by atoms with Crippen LogP contribution in [0.1, 0.15) is 0 Å². The molecule has 2 aromatic rings. The molecule has 1 heterocycles. The standard InChI is InChI=1S/C9H5F3N3O/c10-9(11,12)16-8-3-1-2-7(6-8)15-5-4-13-14-15/h1-3,5-6H. The summed E-state index contributed by atoms with van der Waals surface area (Å²) in [5, 5.41) is 7.03. The average molecular weight is 228 g/mol. The first-order valence-corrected chi connectivity index (χ1v) is 4.19. The van der Waals surface area contributed by atoms with Crippen LogP contribution in [0.2, 0.25) is 0 Å². The molecule has 0 aliphatic heterocycles. The maximum absolute atomic E-state index is 12.0. The summed E-state index contributed by atoms with van der Waals surface area (Å²) in [5.74, 6) is -0.305. The van der Waals surface area contributed by atoms with Crippen LogP contribution in [-0.4, -0.2) is 21.4 Å². The quantitative estimate of drug-likeness (QED) is 0.788. The number of halogens is 3. The second-order valence-corrected chi connectivity index (χ2v) is 2.84. The number of hydrogen-bond donors (Lipinski definition) is 0. The van der Waals surface area contributed by atoms with Gasteiger partial charge < -0.3 is 4.74 Å². The van der Waals surface area contributed by atoms with Crippen molar-refractivity contribution in [2.24, 2.45) is 0 Å². The lowest BCUT2D eigenvalue weighted by atomic mass is 10.3. The van der Waals surface area contributed by atoms with Crippen LogP contribution in [0.4, 0.5) is 13.2 Å². The average Bonchev–Trinajstić information content (AvgIpc) is 2.68. The molecule has 1 aromatic carbocycles. The number of nitrogens with zero attached hydrogens (tertiary/aromatic N) is 3. The lowest BCUT2D eigenvalue weighted by molar-refractivity contribution is -0.274. The Morgan fingerprint density at radius 2 is 2.12 bits per heavy atom. The van der Waals surface area contributed by atoms with Gasteiger partial charge in [0.05, 0.1) is 11.9 Å². The van der Waals surface area contributed by atoms with Crippen LogP contribution < -0.4 is 4.74 Å². The van der Waals surface area contributed by atoms with Crippen LogP contribution in [0.15, 0.2) is 30.5 Å². The fourth-order valence-corrected chi connectivity index (χ4v) is 1.13. The van der Waals surface area contributed by atoms with Gasteiger partial charge in [0.25, 0.3) is 0 Å². The number of ether oxygens (including phenoxy) is 1. The third kappa shape index (κ3) is 2.50. The van der Waals surface area contributed by atoms with Gasteiger partial charge in [0.15, 0.2) is 0 Å². The molecule has 1 radical (unpaired) electrons. The molecule has 0 spiro atoms. The minimum absolute atomic E-state index is 0.305. The molecule has 0 saturated heterocycles. The summed E-state index contributed by atoms with van der Waals surface area (Å²) in [5.41, 5.74) is 0.413. The molecule has 0 amide bonds. The molecule has 7 heteroatoms. The van der Waals surface area contributed by atoms with Gasteiger partial charge in [-0.25, -0.2) is 4.68 Å². The van der Waals surface area contributed by atoms with E-state index < -0.39 is 6.36 Å². The van der Waals surface area contributed by atoms with Gasteiger partial charge in [-0.2, -0.15) is 0 Å². The Morgan fingerprint density at radius 1 is 1.31 bits per heavy atom. The van der Waals surface area contributed by atoms with Crippen molar-refractivity contribution in [3.63, 3.8) is 0 Å². The zero-order valence-corrected chi connectivity index (χ0v) is 7.77. The summed E-state index contributed by atoms with van der Waals surface area (Å²) in [6.07, 6.45) is -0.871. The highest BCUT2D eigenvalue weighted by Gasteiger charge is 2.31. The van der Waals surface area contributed by atoms with Gasteiger partial charge in [0.2, 0.25) is 0 Å². The van der Waals surface area contributed by atoms with Crippen molar-refractivity contribution in [1.29, 1.82) is 0 Å². The summed E-state index contributed by atoms with van der Waals surface area (Å²) in [6.45, 7) is 0. The van der Waals surface area contributed by atoms with Gasteiger partial charge >= 0.3 is 6.36 Å². The molecule has 4 nitrogen and oxygen atoms in total. The Hall–Kier alpha value is -2.05. The van der Waals surface area contributed by atoms with Crippen molar-refractivity contribution in [3.8, 4) is 11.4 Å². The molecular formula is C9H5F3N3O. The van der Waals surface area contributed by atoms with Crippen molar-refractivity contribution < 1.29 is 17.9 Å². The highest BCUT2D eigenvalue weighted by Crippen LogP contribution is 2.24. The molecule has 0 saturated carbocycles. The minimum atomic E-state index is -4.70. The van der Waals surface area contributed by atoms with E-state index in [4.69, 9.17) is 0 Å². The fourth-order valence-electron chi connectivity index (χ4n) is 1.13. The summed E-state index contributed by atoms with van der Waals surface area (Å²) in [4.78, 5) is 0. The third-order valence-electron chi connectivity index (χ3n) is 1.69. The summed E-state index contributed by atoms with van der Waals surface area (Å²) in [6, 6.07) is 5.41. The Balaban J connectivity index is 2.27. The van der Waals surface area contributed by atoms with Crippen molar-refractivity contribution in [3.05, 3.63) is 36.7 Å². The molecular weight excluding hydrogens is 223 g/mol. The van der Waals surface area contributed by atoms with E-state index in [1.807, 2.05) is 0 Å². The Bertz CT molecular complexity index is 467. The van der Waals surface area contributed by atoms with Crippen LogP contribution in [0.25, 0.3) is 5.69 Å². The van der Waals surface area contributed by atoms with Crippen molar-refractivity contribution >= 4 is 0 Å². The molecule has 83 valence electrons. The van der Waals surface area contributed by atoms with E-state index in [0.29, 0.717) is 5.69 Å². The van der Waals surface area contributed by atoms with Gasteiger partial charge in [-0.05, 0) is 12.1 Å². The summed E-state index contributed by atoms with van der Waals surface area (Å²) in [7, 11) is 0. The van der Waals surface area contributed by atoms with Gasteiger partial charge in [0.1, 0.15) is 11.9 Å². The Labute approximate surface area is 88.3 Å². The van der Waals surface area contributed by atoms with E-state index in [-0.39, 0.29) is 5.75 Å². The van der Waals surface area contributed by atoms with Crippen LogP contribution in [-0.2, 0) is 0 Å². The third-order valence-corrected chi connectivity index (χ3v) is 1.69. The molecule has 2 rings (SSSR count). The second-order valence-electron chi connectivity index (χ2n) is 2.84. The van der Waals surface area contributed by atoms with Gasteiger partial charge in [-0.15, -0.1) is 18.3 Å². The number of hydrogen-bond acceptors (Lipinski definition) is 3. The normalized spacial score (nSPS) is 11.4. The zero-order chi connectivity index (χ0) is 11.6. The number of rotatable bonds is 2. The topological polar surface area (TPSA) is 39.9 Å². The molecule has 0 aliphatic carbocycles. The molecule has 0 bridgehead atoms. The Kier molecular flexibility index (Phi) is 2.51. The van der Waals surface area contributed by atoms with Gasteiger partial charge in [-0.1, -0.05) is 11.3 Å². The predicted molar refractivity (Wildman–Crippen MR) is 46.9 cm³/mol.